The van der Waals surface area contributed by atoms with Crippen LogP contribution in [-0.2, 0) is 6.54 Å². The average molecular weight is 341 g/mol. The molecule has 0 aliphatic heterocycles. The SMILES string of the molecule is CN=C(NCc1ccc(O)c(F)c1)NC(C)c1cc2ccccc2o1. The highest BCUT2D eigenvalue weighted by Crippen LogP contribution is 2.23. The molecule has 0 saturated carbocycles. The molecule has 3 N–H and O–H groups in total. The first-order valence-corrected chi connectivity index (χ1v) is 8.00. The molecule has 0 aliphatic carbocycles. The molecule has 0 aliphatic rings. The Kier molecular flexibility index (Phi) is 4.88. The second-order valence-electron chi connectivity index (χ2n) is 5.76. The van der Waals surface area contributed by atoms with Crippen molar-refractivity contribution in [1.82, 2.24) is 10.6 Å². The van der Waals surface area contributed by atoms with Gasteiger partial charge in [0.2, 0.25) is 0 Å². The first-order chi connectivity index (χ1) is 12.1. The van der Waals surface area contributed by atoms with E-state index in [9.17, 15) is 9.50 Å². The molecule has 1 unspecified atom stereocenters. The minimum absolute atomic E-state index is 0.0878. The van der Waals surface area contributed by atoms with Crippen molar-refractivity contribution in [2.45, 2.75) is 19.5 Å². The quantitative estimate of drug-likeness (QED) is 0.500. The van der Waals surface area contributed by atoms with Crippen LogP contribution in [0.3, 0.4) is 0 Å². The van der Waals surface area contributed by atoms with Crippen molar-refractivity contribution in [3.05, 3.63) is 65.7 Å². The Morgan fingerprint density at radius 3 is 2.76 bits per heavy atom. The van der Waals surface area contributed by atoms with Gasteiger partial charge >= 0.3 is 0 Å². The van der Waals surface area contributed by atoms with Crippen molar-refractivity contribution in [1.29, 1.82) is 0 Å². The summed E-state index contributed by atoms with van der Waals surface area (Å²) in [6.45, 7) is 2.36. The van der Waals surface area contributed by atoms with Gasteiger partial charge in [-0.15, -0.1) is 0 Å². The van der Waals surface area contributed by atoms with Crippen LogP contribution in [0.1, 0.15) is 24.3 Å². The fourth-order valence-corrected chi connectivity index (χ4v) is 2.53. The summed E-state index contributed by atoms with van der Waals surface area (Å²) >= 11 is 0. The lowest BCUT2D eigenvalue weighted by Gasteiger charge is -2.16. The van der Waals surface area contributed by atoms with Crippen molar-refractivity contribution < 1.29 is 13.9 Å². The van der Waals surface area contributed by atoms with Gasteiger partial charge in [-0.1, -0.05) is 24.3 Å². The zero-order chi connectivity index (χ0) is 17.8. The van der Waals surface area contributed by atoms with E-state index in [0.717, 1.165) is 16.7 Å². The number of benzene rings is 2. The lowest BCUT2D eigenvalue weighted by atomic mass is 10.2. The number of phenols is 1. The van der Waals surface area contributed by atoms with E-state index in [4.69, 9.17) is 4.42 Å². The van der Waals surface area contributed by atoms with Crippen molar-refractivity contribution in [2.75, 3.05) is 7.05 Å². The molecule has 0 fully saturated rings. The topological polar surface area (TPSA) is 69.8 Å². The van der Waals surface area contributed by atoms with Crippen LogP contribution < -0.4 is 10.6 Å². The van der Waals surface area contributed by atoms with Crippen LogP contribution in [0.2, 0.25) is 0 Å². The maximum atomic E-state index is 13.4. The summed E-state index contributed by atoms with van der Waals surface area (Å²) in [5.74, 6) is 0.379. The molecule has 6 heteroatoms. The van der Waals surface area contributed by atoms with Crippen LogP contribution in [-0.4, -0.2) is 18.1 Å². The number of nitrogens with zero attached hydrogens (tertiary/aromatic N) is 1. The van der Waals surface area contributed by atoms with Gasteiger partial charge in [0.25, 0.3) is 0 Å². The summed E-state index contributed by atoms with van der Waals surface area (Å²) in [4.78, 5) is 4.17. The molecule has 0 saturated heterocycles. The van der Waals surface area contributed by atoms with Crippen LogP contribution in [0.5, 0.6) is 5.75 Å². The van der Waals surface area contributed by atoms with E-state index in [0.29, 0.717) is 18.1 Å². The number of para-hydroxylation sites is 1. The van der Waals surface area contributed by atoms with E-state index in [-0.39, 0.29) is 11.8 Å². The lowest BCUT2D eigenvalue weighted by Crippen LogP contribution is -2.38. The van der Waals surface area contributed by atoms with Crippen LogP contribution in [0, 0.1) is 5.82 Å². The molecule has 3 aromatic rings. The fraction of sp³-hybridized carbons (Fsp3) is 0.211. The van der Waals surface area contributed by atoms with Crippen molar-refractivity contribution >= 4 is 16.9 Å². The highest BCUT2D eigenvalue weighted by atomic mass is 19.1. The van der Waals surface area contributed by atoms with Gasteiger partial charge in [-0.2, -0.15) is 0 Å². The van der Waals surface area contributed by atoms with E-state index in [1.807, 2.05) is 37.3 Å². The first kappa shape index (κ1) is 16.8. The molecule has 2 aromatic carbocycles. The molecular formula is C19H20FN3O2. The van der Waals surface area contributed by atoms with Gasteiger partial charge in [0.1, 0.15) is 11.3 Å². The van der Waals surface area contributed by atoms with Gasteiger partial charge in [0.05, 0.1) is 6.04 Å². The Balaban J connectivity index is 1.64. The molecule has 25 heavy (non-hydrogen) atoms. The average Bonchev–Trinajstić information content (AvgIpc) is 3.05. The number of nitrogens with one attached hydrogen (secondary N) is 2. The van der Waals surface area contributed by atoms with E-state index >= 15 is 0 Å². The predicted octanol–water partition coefficient (Wildman–Crippen LogP) is 3.70. The third-order valence-electron chi connectivity index (χ3n) is 3.92. The van der Waals surface area contributed by atoms with Gasteiger partial charge in [0.15, 0.2) is 17.5 Å². The number of aliphatic imine (C=N–C) groups is 1. The maximum Gasteiger partial charge on any atom is 0.191 e. The van der Waals surface area contributed by atoms with Crippen LogP contribution >= 0.6 is 0 Å². The number of halogens is 1. The Hall–Kier alpha value is -3.02. The van der Waals surface area contributed by atoms with E-state index < -0.39 is 5.82 Å². The number of hydrogen-bond acceptors (Lipinski definition) is 3. The summed E-state index contributed by atoms with van der Waals surface area (Å²) < 4.78 is 19.2. The lowest BCUT2D eigenvalue weighted by molar-refractivity contribution is 0.431. The zero-order valence-corrected chi connectivity index (χ0v) is 14.1. The first-order valence-electron chi connectivity index (χ1n) is 8.00. The predicted molar refractivity (Wildman–Crippen MR) is 96.0 cm³/mol. The van der Waals surface area contributed by atoms with Gasteiger partial charge in [-0.3, -0.25) is 4.99 Å². The number of furan rings is 1. The summed E-state index contributed by atoms with van der Waals surface area (Å²) in [7, 11) is 1.66. The van der Waals surface area contributed by atoms with E-state index in [1.165, 1.54) is 12.1 Å². The molecule has 0 amide bonds. The number of fused-ring (bicyclic) bond motifs is 1. The van der Waals surface area contributed by atoms with E-state index in [1.54, 1.807) is 13.1 Å². The van der Waals surface area contributed by atoms with Gasteiger partial charge in [0, 0.05) is 19.0 Å². The third-order valence-corrected chi connectivity index (χ3v) is 3.92. The molecule has 0 radical (unpaired) electrons. The number of rotatable bonds is 4. The molecule has 5 nitrogen and oxygen atoms in total. The Bertz CT molecular complexity index is 872. The maximum absolute atomic E-state index is 13.4. The molecule has 130 valence electrons. The van der Waals surface area contributed by atoms with Gasteiger partial charge < -0.3 is 20.2 Å². The molecule has 1 aromatic heterocycles. The number of guanidine groups is 1. The Labute approximate surface area is 145 Å². The van der Waals surface area contributed by atoms with Crippen molar-refractivity contribution in [2.24, 2.45) is 4.99 Å². The summed E-state index contributed by atoms with van der Waals surface area (Å²) in [6.07, 6.45) is 0. The van der Waals surface area contributed by atoms with Crippen molar-refractivity contribution in [3.63, 3.8) is 0 Å². The normalized spacial score (nSPS) is 13.0. The second kappa shape index (κ2) is 7.25. The third kappa shape index (κ3) is 3.91. The van der Waals surface area contributed by atoms with Gasteiger partial charge in [-0.25, -0.2) is 4.39 Å². The monoisotopic (exact) mass is 341 g/mol. The molecule has 1 atom stereocenters. The Morgan fingerprint density at radius 1 is 1.24 bits per heavy atom. The van der Waals surface area contributed by atoms with Crippen molar-refractivity contribution in [3.8, 4) is 5.75 Å². The van der Waals surface area contributed by atoms with Crippen LogP contribution in [0.4, 0.5) is 4.39 Å². The summed E-state index contributed by atoms with van der Waals surface area (Å²) in [5.41, 5.74) is 1.54. The molecule has 1 heterocycles. The summed E-state index contributed by atoms with van der Waals surface area (Å²) in [5, 5.41) is 16.6. The molecular weight excluding hydrogens is 321 g/mol. The largest absolute Gasteiger partial charge is 0.505 e. The number of phenolic OH excluding ortho intramolecular Hbond substituents is 1. The number of aromatic hydroxyl groups is 1. The smallest absolute Gasteiger partial charge is 0.191 e. The van der Waals surface area contributed by atoms with Crippen LogP contribution in [0.15, 0.2) is 57.9 Å². The minimum atomic E-state index is -0.641. The van der Waals surface area contributed by atoms with Crippen LogP contribution in [0.25, 0.3) is 11.0 Å². The number of hydrogen-bond donors (Lipinski definition) is 3. The van der Waals surface area contributed by atoms with Gasteiger partial charge in [-0.05, 0) is 36.8 Å². The molecule has 3 rings (SSSR count). The molecule has 0 spiro atoms. The summed E-state index contributed by atoms with van der Waals surface area (Å²) in [6, 6.07) is 14.0. The van der Waals surface area contributed by atoms with E-state index in [2.05, 4.69) is 15.6 Å². The highest BCUT2D eigenvalue weighted by molar-refractivity contribution is 5.81. The second-order valence-corrected chi connectivity index (χ2v) is 5.76. The minimum Gasteiger partial charge on any atom is -0.505 e. The zero-order valence-electron chi connectivity index (χ0n) is 14.1. The highest BCUT2D eigenvalue weighted by Gasteiger charge is 2.13. The Morgan fingerprint density at radius 2 is 2.04 bits per heavy atom. The standard InChI is InChI=1S/C19H20FN3O2/c1-12(18-10-14-5-3-4-6-17(14)25-18)23-19(21-2)22-11-13-7-8-16(24)15(20)9-13/h3-10,12,24H,11H2,1-2H3,(H2,21,22,23). The fourth-order valence-electron chi connectivity index (χ4n) is 2.53. The molecule has 0 bridgehead atoms.